The molecule has 1 unspecified atom stereocenters. The van der Waals surface area contributed by atoms with Gasteiger partial charge < -0.3 is 5.32 Å². The summed E-state index contributed by atoms with van der Waals surface area (Å²) in [5, 5.41) is 3.02. The number of hydrogen-bond acceptors (Lipinski definition) is 3. The van der Waals surface area contributed by atoms with Crippen LogP contribution in [0.3, 0.4) is 0 Å². The molecule has 0 spiro atoms. The van der Waals surface area contributed by atoms with Crippen LogP contribution in [0.4, 0.5) is 10.1 Å². The summed E-state index contributed by atoms with van der Waals surface area (Å²) >= 11 is 2.21. The van der Waals surface area contributed by atoms with Gasteiger partial charge in [-0.1, -0.05) is 12.1 Å². The summed E-state index contributed by atoms with van der Waals surface area (Å²) < 4.78 is 38.0. The van der Waals surface area contributed by atoms with E-state index >= 15 is 0 Å². The minimum absolute atomic E-state index is 0.0983. The quantitative estimate of drug-likeness (QED) is 0.602. The van der Waals surface area contributed by atoms with E-state index in [1.807, 2.05) is 31.2 Å². The molecule has 0 saturated heterocycles. The molecule has 0 bridgehead atoms. The topological polar surface area (TPSA) is 46.2 Å². The summed E-state index contributed by atoms with van der Waals surface area (Å²) in [6.07, 6.45) is 1.10. The molecule has 3 nitrogen and oxygen atoms in total. The maximum atomic E-state index is 13.8. The number of hydrogen-bond donors (Lipinski definition) is 1. The lowest BCUT2D eigenvalue weighted by molar-refractivity contribution is 0.600. The average molecular weight is 419 g/mol. The van der Waals surface area contributed by atoms with Gasteiger partial charge in [-0.05, 0) is 65.4 Å². The van der Waals surface area contributed by atoms with Crippen LogP contribution in [0.25, 0.3) is 0 Å². The summed E-state index contributed by atoms with van der Waals surface area (Å²) in [6, 6.07) is 11.5. The van der Waals surface area contributed by atoms with Gasteiger partial charge in [-0.3, -0.25) is 0 Å². The first-order valence-corrected chi connectivity index (χ1v) is 9.26. The number of rotatable bonds is 4. The molecular weight excluding hydrogens is 404 g/mol. The zero-order valence-corrected chi connectivity index (χ0v) is 14.6. The van der Waals surface area contributed by atoms with Crippen molar-refractivity contribution in [3.63, 3.8) is 0 Å². The first-order valence-electron chi connectivity index (χ1n) is 6.29. The van der Waals surface area contributed by atoms with Crippen LogP contribution < -0.4 is 5.32 Å². The molecule has 0 heterocycles. The van der Waals surface area contributed by atoms with Crippen molar-refractivity contribution >= 4 is 38.1 Å². The van der Waals surface area contributed by atoms with Crippen molar-refractivity contribution in [1.29, 1.82) is 0 Å². The molecule has 1 N–H and O–H groups in total. The molecule has 0 aliphatic carbocycles. The van der Waals surface area contributed by atoms with Crippen molar-refractivity contribution in [1.82, 2.24) is 0 Å². The van der Waals surface area contributed by atoms with Gasteiger partial charge in [-0.2, -0.15) is 0 Å². The number of halogens is 2. The van der Waals surface area contributed by atoms with Crippen LogP contribution in [0.1, 0.15) is 18.5 Å². The van der Waals surface area contributed by atoms with E-state index in [-0.39, 0.29) is 16.6 Å². The van der Waals surface area contributed by atoms with Gasteiger partial charge in [0.2, 0.25) is 0 Å². The van der Waals surface area contributed by atoms with Crippen molar-refractivity contribution < 1.29 is 12.8 Å². The van der Waals surface area contributed by atoms with Crippen molar-refractivity contribution in [2.24, 2.45) is 0 Å². The van der Waals surface area contributed by atoms with Crippen LogP contribution in [-0.2, 0) is 9.84 Å². The summed E-state index contributed by atoms with van der Waals surface area (Å²) in [7, 11) is -3.36. The maximum Gasteiger partial charge on any atom is 0.175 e. The molecule has 0 radical (unpaired) electrons. The molecule has 0 aliphatic heterocycles. The molecule has 0 amide bonds. The fraction of sp³-hybridized carbons (Fsp3) is 0.200. The van der Waals surface area contributed by atoms with Gasteiger partial charge in [0.05, 0.1) is 10.6 Å². The summed E-state index contributed by atoms with van der Waals surface area (Å²) in [4.78, 5) is 0.0983. The second kappa shape index (κ2) is 6.31. The molecule has 2 aromatic rings. The summed E-state index contributed by atoms with van der Waals surface area (Å²) in [5.74, 6) is -0.472. The lowest BCUT2D eigenvalue weighted by atomic mass is 10.1. The lowest BCUT2D eigenvalue weighted by Gasteiger charge is -2.17. The highest BCUT2D eigenvalue weighted by Gasteiger charge is 2.13. The molecule has 1 atom stereocenters. The molecule has 0 fully saturated rings. The Morgan fingerprint density at radius 3 is 2.33 bits per heavy atom. The van der Waals surface area contributed by atoms with Crippen LogP contribution in [-0.4, -0.2) is 14.7 Å². The van der Waals surface area contributed by atoms with Crippen molar-refractivity contribution in [3.05, 3.63) is 57.4 Å². The van der Waals surface area contributed by atoms with Gasteiger partial charge in [0, 0.05) is 15.9 Å². The number of nitrogens with one attached hydrogen (secondary N) is 1. The highest BCUT2D eigenvalue weighted by atomic mass is 127. The Morgan fingerprint density at radius 1 is 1.14 bits per heavy atom. The number of sulfone groups is 1. The van der Waals surface area contributed by atoms with E-state index in [9.17, 15) is 12.8 Å². The standard InChI is InChI=1S/C15H15FINO2S/c1-10(11-3-5-12(17)6-4-11)18-15-9-13(21(2,19)20)7-8-14(15)16/h3-10,18H,1-2H3. The van der Waals surface area contributed by atoms with E-state index in [2.05, 4.69) is 27.9 Å². The maximum absolute atomic E-state index is 13.8. The molecular formula is C15H15FINO2S. The van der Waals surface area contributed by atoms with Gasteiger partial charge in [0.25, 0.3) is 0 Å². The Hall–Kier alpha value is -1.15. The second-order valence-electron chi connectivity index (χ2n) is 4.83. The minimum atomic E-state index is -3.36. The molecule has 112 valence electrons. The van der Waals surface area contributed by atoms with E-state index in [0.29, 0.717) is 0 Å². The molecule has 2 rings (SSSR count). The fourth-order valence-corrected chi connectivity index (χ4v) is 2.92. The molecule has 0 saturated carbocycles. The van der Waals surface area contributed by atoms with Gasteiger partial charge >= 0.3 is 0 Å². The predicted octanol–water partition coefficient (Wildman–Crippen LogP) is 4.01. The third kappa shape index (κ3) is 4.16. The minimum Gasteiger partial charge on any atom is -0.376 e. The van der Waals surface area contributed by atoms with Crippen molar-refractivity contribution in [3.8, 4) is 0 Å². The van der Waals surface area contributed by atoms with E-state index < -0.39 is 15.7 Å². The lowest BCUT2D eigenvalue weighted by Crippen LogP contribution is -2.09. The van der Waals surface area contributed by atoms with E-state index in [1.54, 1.807) is 0 Å². The highest BCUT2D eigenvalue weighted by molar-refractivity contribution is 14.1. The second-order valence-corrected chi connectivity index (χ2v) is 8.09. The Labute approximate surface area is 137 Å². The van der Waals surface area contributed by atoms with E-state index in [0.717, 1.165) is 15.4 Å². The number of anilines is 1. The Morgan fingerprint density at radius 2 is 1.76 bits per heavy atom. The highest BCUT2D eigenvalue weighted by Crippen LogP contribution is 2.25. The van der Waals surface area contributed by atoms with Crippen molar-refractivity contribution in [2.45, 2.75) is 17.9 Å². The fourth-order valence-electron chi connectivity index (χ4n) is 1.91. The third-order valence-corrected chi connectivity index (χ3v) is 4.94. The van der Waals surface area contributed by atoms with Crippen LogP contribution in [0.15, 0.2) is 47.4 Å². The van der Waals surface area contributed by atoms with Crippen molar-refractivity contribution in [2.75, 3.05) is 11.6 Å². The SMILES string of the molecule is CC(Nc1cc(S(C)(=O)=O)ccc1F)c1ccc(I)cc1. The Kier molecular flexibility index (Phi) is 4.88. The van der Waals surface area contributed by atoms with Crippen LogP contribution >= 0.6 is 22.6 Å². The van der Waals surface area contributed by atoms with E-state index in [1.165, 1.54) is 18.2 Å². The van der Waals surface area contributed by atoms with Gasteiger partial charge in [-0.25, -0.2) is 12.8 Å². The van der Waals surface area contributed by atoms with Crippen LogP contribution in [0.2, 0.25) is 0 Å². The summed E-state index contributed by atoms with van der Waals surface area (Å²) in [5.41, 5.74) is 1.18. The Balaban J connectivity index is 2.28. The zero-order chi connectivity index (χ0) is 15.6. The molecule has 21 heavy (non-hydrogen) atoms. The Bertz CT molecular complexity index is 745. The predicted molar refractivity (Wildman–Crippen MR) is 90.7 cm³/mol. The molecule has 2 aromatic carbocycles. The van der Waals surface area contributed by atoms with Crippen LogP contribution in [0, 0.1) is 9.39 Å². The van der Waals surface area contributed by atoms with Gasteiger partial charge in [-0.15, -0.1) is 0 Å². The first kappa shape index (κ1) is 16.2. The zero-order valence-electron chi connectivity index (χ0n) is 11.6. The monoisotopic (exact) mass is 419 g/mol. The normalized spacial score (nSPS) is 13.0. The molecule has 0 aromatic heterocycles. The van der Waals surface area contributed by atoms with Crippen LogP contribution in [0.5, 0.6) is 0 Å². The third-order valence-electron chi connectivity index (χ3n) is 3.11. The first-order chi connectivity index (χ1) is 9.77. The molecule has 6 heteroatoms. The molecule has 0 aliphatic rings. The van der Waals surface area contributed by atoms with Gasteiger partial charge in [0.1, 0.15) is 5.82 Å². The summed E-state index contributed by atoms with van der Waals surface area (Å²) in [6.45, 7) is 1.90. The average Bonchev–Trinajstić information content (AvgIpc) is 2.40. The van der Waals surface area contributed by atoms with Gasteiger partial charge in [0.15, 0.2) is 9.84 Å². The van der Waals surface area contributed by atoms with E-state index in [4.69, 9.17) is 0 Å². The largest absolute Gasteiger partial charge is 0.376 e. The smallest absolute Gasteiger partial charge is 0.175 e. The number of benzene rings is 2.